The van der Waals surface area contributed by atoms with Crippen LogP contribution in [0.25, 0.3) is 0 Å². The van der Waals surface area contributed by atoms with Crippen LogP contribution >= 0.6 is 11.3 Å². The number of hydrogen-bond acceptors (Lipinski definition) is 16. The van der Waals surface area contributed by atoms with E-state index in [0.29, 0.717) is 22.5 Å². The molecule has 2 aromatic heterocycles. The molecule has 23 heteroatoms. The molecule has 1 saturated carbocycles. The summed E-state index contributed by atoms with van der Waals surface area (Å²) >= 11 is 0.899. The number of fused-ring (bicyclic) bond motifs is 1. The lowest BCUT2D eigenvalue weighted by molar-refractivity contribution is -0.164. The van der Waals surface area contributed by atoms with E-state index < -0.39 is 87.5 Å². The van der Waals surface area contributed by atoms with Gasteiger partial charge in [0.05, 0.1) is 19.6 Å². The highest BCUT2D eigenvalue weighted by Gasteiger charge is 2.57. The second-order valence-corrected chi connectivity index (χ2v) is 19.1. The zero-order valence-corrected chi connectivity index (χ0v) is 36.6. The highest BCUT2D eigenvalue weighted by molar-refractivity contribution is 7.84. The molecule has 4 amide bonds. The average molecular weight is 908 g/mol. The lowest BCUT2D eigenvalue weighted by Gasteiger charge is -2.43. The average Bonchev–Trinajstić information content (AvgIpc) is 3.44. The van der Waals surface area contributed by atoms with E-state index in [1.54, 1.807) is 41.5 Å². The Kier molecular flexibility index (Phi) is 12.0. The van der Waals surface area contributed by atoms with Crippen molar-refractivity contribution >= 4 is 62.5 Å². The van der Waals surface area contributed by atoms with Gasteiger partial charge in [-0.25, -0.2) is 23.7 Å². The Morgan fingerprint density at radius 2 is 1.49 bits per heavy atom. The van der Waals surface area contributed by atoms with Crippen molar-refractivity contribution in [3.63, 3.8) is 0 Å². The largest absolute Gasteiger partial charge is 0.450 e. The molecular weight excluding hydrogens is 863 g/mol. The van der Waals surface area contributed by atoms with Gasteiger partial charge in [0.2, 0.25) is 5.60 Å². The number of thiazole rings is 1. The van der Waals surface area contributed by atoms with Crippen molar-refractivity contribution in [3.8, 4) is 0 Å². The third-order valence-corrected chi connectivity index (χ3v) is 11.3. The van der Waals surface area contributed by atoms with E-state index in [1.165, 1.54) is 10.3 Å². The van der Waals surface area contributed by atoms with Gasteiger partial charge >= 0.3 is 28.5 Å². The SMILES string of the molecule is CC(C)(C)OC(=O)Nc1nc(C(=NOC2(C(=O)OC(c3ccccc3)c3ccccc3)CC2)C(=O)N[C@@H]2C(=O)N(S(=O)(=O)O)[C@@H]2Cn2nc3c(n2)CN(C(=O)OC(C)(C)C)C3)cs1. The van der Waals surface area contributed by atoms with Gasteiger partial charge in [-0.15, -0.1) is 11.3 Å². The molecule has 3 N–H and O–H groups in total. The molecule has 1 aliphatic carbocycles. The summed E-state index contributed by atoms with van der Waals surface area (Å²) in [5.41, 5.74) is -1.73. The standard InChI is InChI=1S/C40H45N9O12S2/c1-38(2,3)59-36(53)43-35-41-27(22-62-35)29(46-61-40(17-18-40)34(52)58-31(23-13-9-7-10-14-23)24-15-11-8-12-16-24)32(50)42-30-28(49(33(30)51)63(55,56)57)21-48-44-25-19-47(20-26(25)45-48)37(54)60-39(4,5)6/h7-16,22,28,30-31H,17-21H2,1-6H3,(H,42,50)(H,41,43,53)(H,55,56,57)/t28-,30+/m1/s1. The maximum absolute atomic E-state index is 14.2. The summed E-state index contributed by atoms with van der Waals surface area (Å²) in [5, 5.41) is 19.1. The minimum atomic E-state index is -5.14. The number of esters is 1. The van der Waals surface area contributed by atoms with Crippen LogP contribution < -0.4 is 10.6 Å². The molecule has 4 aromatic rings. The van der Waals surface area contributed by atoms with Gasteiger partial charge in [-0.2, -0.15) is 23.4 Å². The number of carbonyl (C=O) groups excluding carboxylic acids is 5. The van der Waals surface area contributed by atoms with Gasteiger partial charge in [0, 0.05) is 18.2 Å². The molecule has 2 aromatic carbocycles. The van der Waals surface area contributed by atoms with E-state index in [1.807, 2.05) is 60.7 Å². The van der Waals surface area contributed by atoms with Gasteiger partial charge in [0.25, 0.3) is 11.8 Å². The summed E-state index contributed by atoms with van der Waals surface area (Å²) in [6.45, 7) is 9.85. The summed E-state index contributed by atoms with van der Waals surface area (Å²) in [7, 11) is -5.14. The van der Waals surface area contributed by atoms with Gasteiger partial charge in [-0.3, -0.25) is 24.4 Å². The Bertz CT molecular complexity index is 2480. The highest BCUT2D eigenvalue weighted by Crippen LogP contribution is 2.43. The minimum Gasteiger partial charge on any atom is -0.450 e. The number of carbonyl (C=O) groups is 5. The number of benzene rings is 2. The van der Waals surface area contributed by atoms with Gasteiger partial charge in [-0.05, 0) is 52.7 Å². The summed E-state index contributed by atoms with van der Waals surface area (Å²) in [6, 6.07) is 15.1. The van der Waals surface area contributed by atoms with E-state index in [0.717, 1.165) is 16.1 Å². The first-order valence-corrected chi connectivity index (χ1v) is 21.9. The number of anilines is 1. The minimum absolute atomic E-state index is 0.00737. The smallest absolute Gasteiger partial charge is 0.413 e. The molecule has 0 spiro atoms. The molecule has 7 rings (SSSR count). The van der Waals surface area contributed by atoms with Gasteiger partial charge in [0.15, 0.2) is 16.9 Å². The fraction of sp³-hybridized carbons (Fsp3) is 0.425. The van der Waals surface area contributed by atoms with Crippen molar-refractivity contribution in [2.75, 3.05) is 5.32 Å². The van der Waals surface area contributed by atoms with Crippen LogP contribution in [0.5, 0.6) is 0 Å². The molecule has 0 unspecified atom stereocenters. The Balaban J connectivity index is 1.13. The number of nitrogens with zero attached hydrogens (tertiary/aromatic N) is 7. The van der Waals surface area contributed by atoms with Crippen molar-refractivity contribution in [1.82, 2.24) is 34.5 Å². The molecule has 2 atom stereocenters. The maximum atomic E-state index is 14.2. The lowest BCUT2D eigenvalue weighted by atomic mass is 9.98. The molecule has 63 heavy (non-hydrogen) atoms. The van der Waals surface area contributed by atoms with Crippen molar-refractivity contribution in [3.05, 3.63) is 94.3 Å². The van der Waals surface area contributed by atoms with Crippen LogP contribution in [0.1, 0.15) is 88.7 Å². The molecule has 0 radical (unpaired) electrons. The van der Waals surface area contributed by atoms with E-state index in [2.05, 4.69) is 31.0 Å². The molecule has 0 bridgehead atoms. The zero-order valence-electron chi connectivity index (χ0n) is 35.0. The fourth-order valence-electron chi connectivity index (χ4n) is 6.55. The Morgan fingerprint density at radius 3 is 2.02 bits per heavy atom. The van der Waals surface area contributed by atoms with Crippen molar-refractivity contribution in [2.24, 2.45) is 5.16 Å². The van der Waals surface area contributed by atoms with Crippen LogP contribution in [-0.2, 0) is 63.4 Å². The van der Waals surface area contributed by atoms with Crippen LogP contribution in [0.4, 0.5) is 14.7 Å². The van der Waals surface area contributed by atoms with Crippen LogP contribution in [-0.4, -0.2) is 107 Å². The lowest BCUT2D eigenvalue weighted by Crippen LogP contribution is -2.73. The Morgan fingerprint density at radius 1 is 0.921 bits per heavy atom. The van der Waals surface area contributed by atoms with Crippen LogP contribution in [0.15, 0.2) is 71.2 Å². The van der Waals surface area contributed by atoms with E-state index in [-0.39, 0.29) is 41.1 Å². The molecule has 334 valence electrons. The molecule has 1 saturated heterocycles. The number of nitrogens with one attached hydrogen (secondary N) is 2. The number of β-lactam (4-membered cyclic amide) rings is 1. The van der Waals surface area contributed by atoms with Crippen LogP contribution in [0.2, 0.25) is 0 Å². The third-order valence-electron chi connectivity index (χ3n) is 9.58. The summed E-state index contributed by atoms with van der Waals surface area (Å²) in [5.74, 6) is -3.05. The first-order chi connectivity index (χ1) is 29.6. The van der Waals surface area contributed by atoms with Gasteiger partial charge < -0.3 is 24.4 Å². The van der Waals surface area contributed by atoms with Crippen LogP contribution in [0.3, 0.4) is 0 Å². The van der Waals surface area contributed by atoms with E-state index >= 15 is 0 Å². The molecular formula is C40H45N9O12S2. The molecule has 4 heterocycles. The predicted octanol–water partition coefficient (Wildman–Crippen LogP) is 4.12. The molecule has 2 aliphatic heterocycles. The van der Waals surface area contributed by atoms with Crippen molar-refractivity contribution in [1.29, 1.82) is 0 Å². The summed E-state index contributed by atoms with van der Waals surface area (Å²) in [6.07, 6.45) is -1.88. The van der Waals surface area contributed by atoms with Crippen LogP contribution in [0, 0.1) is 0 Å². The Hall–Kier alpha value is -6.46. The fourth-order valence-corrected chi connectivity index (χ4v) is 8.10. The number of ether oxygens (including phenoxy) is 3. The summed E-state index contributed by atoms with van der Waals surface area (Å²) < 4.78 is 51.7. The van der Waals surface area contributed by atoms with Crippen molar-refractivity contribution < 1.29 is 56.0 Å². The topological polar surface area (TPSA) is 263 Å². The molecule has 21 nitrogen and oxygen atoms in total. The van der Waals surface area contributed by atoms with E-state index in [4.69, 9.17) is 19.0 Å². The van der Waals surface area contributed by atoms with Gasteiger partial charge in [-0.1, -0.05) is 65.8 Å². The second-order valence-electron chi connectivity index (χ2n) is 16.9. The molecule has 2 fully saturated rings. The predicted molar refractivity (Wildman–Crippen MR) is 222 cm³/mol. The summed E-state index contributed by atoms with van der Waals surface area (Å²) in [4.78, 5) is 79.1. The zero-order chi connectivity index (χ0) is 45.5. The second kappa shape index (κ2) is 17.0. The third kappa shape index (κ3) is 10.4. The number of oxime groups is 1. The first-order valence-electron chi connectivity index (χ1n) is 19.6. The highest BCUT2D eigenvalue weighted by atomic mass is 32.2. The number of rotatable bonds is 13. The normalized spacial score (nSPS) is 18.3. The monoisotopic (exact) mass is 907 g/mol. The maximum Gasteiger partial charge on any atom is 0.413 e. The first kappa shape index (κ1) is 44.6. The van der Waals surface area contributed by atoms with E-state index in [9.17, 15) is 36.9 Å². The molecule has 3 aliphatic rings. The quantitative estimate of drug-likeness (QED) is 0.0426. The number of hydrogen-bond donors (Lipinski definition) is 3. The number of amides is 4. The van der Waals surface area contributed by atoms with Gasteiger partial charge in [0.1, 0.15) is 40.4 Å². The Labute approximate surface area is 365 Å². The van der Waals surface area contributed by atoms with Crippen molar-refractivity contribution in [2.45, 2.75) is 109 Å². The number of aromatic nitrogens is 4.